The van der Waals surface area contributed by atoms with Crippen LogP contribution in [0.5, 0.6) is 0 Å². The van der Waals surface area contributed by atoms with Gasteiger partial charge in [-0.3, -0.25) is 4.79 Å². The fourth-order valence-corrected chi connectivity index (χ4v) is 1.67. The smallest absolute Gasteiger partial charge is 0.335 e. The molecule has 0 bridgehead atoms. The summed E-state index contributed by atoms with van der Waals surface area (Å²) in [5, 5.41) is 14.4. The third-order valence-electron chi connectivity index (χ3n) is 2.74. The maximum atomic E-state index is 11.6. The molecule has 2 aromatic rings. The number of aromatic nitrogens is 1. The molecule has 0 aliphatic heterocycles. The maximum Gasteiger partial charge on any atom is 0.335 e. The van der Waals surface area contributed by atoms with Crippen molar-refractivity contribution in [1.82, 2.24) is 10.3 Å². The summed E-state index contributed by atoms with van der Waals surface area (Å²) in [5.74, 6) is -0.805. The fraction of sp³-hybridized carbons (Fsp3) is 0.357. The van der Waals surface area contributed by atoms with Crippen LogP contribution in [0.15, 0.2) is 22.6 Å². The molecule has 0 radical (unpaired) electrons. The Labute approximate surface area is 121 Å². The minimum absolute atomic E-state index is 0.0470. The molecular weight excluding hydrogens is 274 g/mol. The molecule has 2 rings (SSSR count). The number of carbonyl (C=O) groups is 2. The van der Waals surface area contributed by atoms with E-state index in [9.17, 15) is 9.59 Å². The first kappa shape index (κ1) is 14.8. The van der Waals surface area contributed by atoms with Crippen molar-refractivity contribution in [2.24, 2.45) is 5.92 Å². The highest BCUT2D eigenvalue weighted by atomic mass is 16.4. The largest absolute Gasteiger partial charge is 0.478 e. The van der Waals surface area contributed by atoms with Gasteiger partial charge in [0.2, 0.25) is 5.91 Å². The molecule has 0 saturated carbocycles. The molecule has 0 spiro atoms. The summed E-state index contributed by atoms with van der Waals surface area (Å²) in [5.41, 5.74) is 1.02. The predicted molar refractivity (Wildman–Crippen MR) is 77.3 cm³/mol. The Kier molecular flexibility index (Phi) is 4.42. The van der Waals surface area contributed by atoms with Crippen molar-refractivity contribution in [2.75, 3.05) is 18.4 Å². The minimum atomic E-state index is -1.03. The van der Waals surface area contributed by atoms with Gasteiger partial charge < -0.3 is 20.2 Å². The van der Waals surface area contributed by atoms with E-state index in [-0.39, 0.29) is 24.0 Å². The zero-order chi connectivity index (χ0) is 15.4. The third kappa shape index (κ3) is 3.95. The summed E-state index contributed by atoms with van der Waals surface area (Å²) in [6, 6.07) is 4.60. The maximum absolute atomic E-state index is 11.6. The van der Waals surface area contributed by atoms with Gasteiger partial charge in [-0.05, 0) is 24.1 Å². The minimum Gasteiger partial charge on any atom is -0.478 e. The monoisotopic (exact) mass is 291 g/mol. The SMILES string of the molecule is CC(C)CNC(=O)CNc1nc2ccc(C(=O)O)cc2o1. The summed E-state index contributed by atoms with van der Waals surface area (Å²) in [4.78, 5) is 26.6. The second-order valence-electron chi connectivity index (χ2n) is 5.06. The average Bonchev–Trinajstić information content (AvgIpc) is 2.84. The van der Waals surface area contributed by atoms with Crippen LogP contribution >= 0.6 is 0 Å². The van der Waals surface area contributed by atoms with Gasteiger partial charge in [0.25, 0.3) is 6.01 Å². The number of carboxylic acid groups (broad SMARTS) is 1. The van der Waals surface area contributed by atoms with Gasteiger partial charge in [0.05, 0.1) is 12.1 Å². The zero-order valence-electron chi connectivity index (χ0n) is 11.8. The Hall–Kier alpha value is -2.57. The number of fused-ring (bicyclic) bond motifs is 1. The highest BCUT2D eigenvalue weighted by molar-refractivity contribution is 5.92. The standard InChI is InChI=1S/C14H17N3O4/c1-8(2)6-15-12(18)7-16-14-17-10-4-3-9(13(19)20)5-11(10)21-14/h3-5,8H,6-7H2,1-2H3,(H,15,18)(H,16,17)(H,19,20). The lowest BCUT2D eigenvalue weighted by Crippen LogP contribution is -2.32. The zero-order valence-corrected chi connectivity index (χ0v) is 11.8. The van der Waals surface area contributed by atoms with E-state index in [1.165, 1.54) is 12.1 Å². The Morgan fingerprint density at radius 1 is 1.38 bits per heavy atom. The van der Waals surface area contributed by atoms with E-state index in [1.807, 2.05) is 13.8 Å². The van der Waals surface area contributed by atoms with Crippen LogP contribution in [0.3, 0.4) is 0 Å². The summed E-state index contributed by atoms with van der Waals surface area (Å²) < 4.78 is 5.37. The second-order valence-corrected chi connectivity index (χ2v) is 5.06. The average molecular weight is 291 g/mol. The highest BCUT2D eigenvalue weighted by Gasteiger charge is 2.10. The van der Waals surface area contributed by atoms with Crippen molar-refractivity contribution in [2.45, 2.75) is 13.8 Å². The van der Waals surface area contributed by atoms with Gasteiger partial charge in [-0.25, -0.2) is 4.79 Å². The molecule has 7 heteroatoms. The van der Waals surface area contributed by atoms with Crippen molar-refractivity contribution in [3.8, 4) is 0 Å². The lowest BCUT2D eigenvalue weighted by molar-refractivity contribution is -0.119. The van der Waals surface area contributed by atoms with Crippen LogP contribution in [0, 0.1) is 5.92 Å². The number of rotatable bonds is 6. The number of nitrogens with one attached hydrogen (secondary N) is 2. The summed E-state index contributed by atoms with van der Waals surface area (Å²) in [6.07, 6.45) is 0. The summed E-state index contributed by atoms with van der Waals surface area (Å²) >= 11 is 0. The second kappa shape index (κ2) is 6.25. The van der Waals surface area contributed by atoms with Crippen LogP contribution in [0.4, 0.5) is 6.01 Å². The number of hydrogen-bond donors (Lipinski definition) is 3. The van der Waals surface area contributed by atoms with Crippen LogP contribution in [-0.2, 0) is 4.79 Å². The van der Waals surface area contributed by atoms with Crippen molar-refractivity contribution >= 4 is 29.0 Å². The van der Waals surface area contributed by atoms with Crippen LogP contribution in [0.25, 0.3) is 11.1 Å². The normalized spacial score (nSPS) is 10.8. The molecule has 7 nitrogen and oxygen atoms in total. The number of amides is 1. The number of oxazole rings is 1. The summed E-state index contributed by atoms with van der Waals surface area (Å²) in [6.45, 7) is 4.67. The van der Waals surface area contributed by atoms with Gasteiger partial charge in [-0.15, -0.1) is 0 Å². The van der Waals surface area contributed by atoms with Gasteiger partial charge in [0, 0.05) is 6.54 Å². The number of aromatic carboxylic acids is 1. The molecule has 0 fully saturated rings. The van der Waals surface area contributed by atoms with Gasteiger partial charge in [-0.1, -0.05) is 13.8 Å². The van der Waals surface area contributed by atoms with E-state index >= 15 is 0 Å². The number of benzene rings is 1. The Balaban J connectivity index is 1.99. The van der Waals surface area contributed by atoms with E-state index in [0.29, 0.717) is 23.6 Å². The van der Waals surface area contributed by atoms with E-state index < -0.39 is 5.97 Å². The fourth-order valence-electron chi connectivity index (χ4n) is 1.67. The van der Waals surface area contributed by atoms with Gasteiger partial charge >= 0.3 is 5.97 Å². The summed E-state index contributed by atoms with van der Waals surface area (Å²) in [7, 11) is 0. The van der Waals surface area contributed by atoms with Crippen molar-refractivity contribution in [1.29, 1.82) is 0 Å². The van der Waals surface area contributed by atoms with Gasteiger partial charge in [0.15, 0.2) is 5.58 Å². The van der Waals surface area contributed by atoms with Crippen molar-refractivity contribution in [3.63, 3.8) is 0 Å². The molecular formula is C14H17N3O4. The number of hydrogen-bond acceptors (Lipinski definition) is 5. The molecule has 1 heterocycles. The molecule has 0 saturated heterocycles. The molecule has 0 atom stereocenters. The molecule has 1 amide bonds. The first-order chi connectivity index (χ1) is 9.95. The first-order valence-corrected chi connectivity index (χ1v) is 6.60. The Morgan fingerprint density at radius 2 is 2.14 bits per heavy atom. The number of anilines is 1. The van der Waals surface area contributed by atoms with Crippen LogP contribution in [-0.4, -0.2) is 35.1 Å². The van der Waals surface area contributed by atoms with Crippen LogP contribution in [0.2, 0.25) is 0 Å². The number of carbonyl (C=O) groups excluding carboxylic acids is 1. The lowest BCUT2D eigenvalue weighted by Gasteiger charge is -2.07. The van der Waals surface area contributed by atoms with Gasteiger partial charge in [-0.2, -0.15) is 4.98 Å². The van der Waals surface area contributed by atoms with Crippen LogP contribution < -0.4 is 10.6 Å². The van der Waals surface area contributed by atoms with Gasteiger partial charge in [0.1, 0.15) is 5.52 Å². The number of carboxylic acids is 1. The molecule has 0 unspecified atom stereocenters. The highest BCUT2D eigenvalue weighted by Crippen LogP contribution is 2.20. The van der Waals surface area contributed by atoms with E-state index in [0.717, 1.165) is 0 Å². The predicted octanol–water partition coefficient (Wildman–Crippen LogP) is 1.71. The van der Waals surface area contributed by atoms with E-state index in [1.54, 1.807) is 6.07 Å². The Bertz CT molecular complexity index is 663. The quantitative estimate of drug-likeness (QED) is 0.748. The van der Waals surface area contributed by atoms with Crippen molar-refractivity contribution in [3.05, 3.63) is 23.8 Å². The van der Waals surface area contributed by atoms with Crippen LogP contribution in [0.1, 0.15) is 24.2 Å². The number of nitrogens with zero attached hydrogens (tertiary/aromatic N) is 1. The molecule has 0 aliphatic rings. The molecule has 112 valence electrons. The van der Waals surface area contributed by atoms with Crippen molar-refractivity contribution < 1.29 is 19.1 Å². The Morgan fingerprint density at radius 3 is 2.81 bits per heavy atom. The molecule has 21 heavy (non-hydrogen) atoms. The molecule has 0 aliphatic carbocycles. The molecule has 3 N–H and O–H groups in total. The van der Waals surface area contributed by atoms with E-state index in [4.69, 9.17) is 9.52 Å². The first-order valence-electron chi connectivity index (χ1n) is 6.60. The molecule has 1 aromatic heterocycles. The lowest BCUT2D eigenvalue weighted by atomic mass is 10.2. The molecule has 1 aromatic carbocycles. The third-order valence-corrected chi connectivity index (χ3v) is 2.74. The van der Waals surface area contributed by atoms with E-state index in [2.05, 4.69) is 15.6 Å². The topological polar surface area (TPSA) is 104 Å².